The number of aromatic nitrogens is 2. The van der Waals surface area contributed by atoms with Crippen LogP contribution in [0.3, 0.4) is 0 Å². The zero-order valence-electron chi connectivity index (χ0n) is 9.31. The van der Waals surface area contributed by atoms with Crippen LogP contribution in [0.2, 0.25) is 10.0 Å². The smallest absolute Gasteiger partial charge is 0.245 e. The molecule has 0 aliphatic heterocycles. The summed E-state index contributed by atoms with van der Waals surface area (Å²) in [6.45, 7) is -0.255. The van der Waals surface area contributed by atoms with E-state index in [4.69, 9.17) is 38.6 Å². The van der Waals surface area contributed by atoms with Gasteiger partial charge in [-0.15, -0.1) is 0 Å². The summed E-state index contributed by atoms with van der Waals surface area (Å²) in [5, 5.41) is 13.7. The summed E-state index contributed by atoms with van der Waals surface area (Å²) in [6.07, 6.45) is 0.347. The number of hydrogen-bond donors (Lipinski definition) is 2. The van der Waals surface area contributed by atoms with Crippen molar-refractivity contribution in [3.05, 3.63) is 45.5 Å². The second-order valence-corrected chi connectivity index (χ2v) is 4.53. The summed E-state index contributed by atoms with van der Waals surface area (Å²) < 4.78 is 4.94. The van der Waals surface area contributed by atoms with Gasteiger partial charge in [-0.05, 0) is 17.7 Å². The van der Waals surface area contributed by atoms with Crippen LogP contribution >= 0.6 is 23.2 Å². The first kappa shape index (κ1) is 13.3. The van der Waals surface area contributed by atoms with Crippen LogP contribution in [0.5, 0.6) is 0 Å². The molecule has 0 aliphatic rings. The monoisotopic (exact) mass is 287 g/mol. The minimum Gasteiger partial charge on any atom is -0.394 e. The molecule has 0 bridgehead atoms. The van der Waals surface area contributed by atoms with Crippen molar-refractivity contribution in [3.8, 4) is 0 Å². The van der Waals surface area contributed by atoms with E-state index in [0.29, 0.717) is 22.3 Å². The summed E-state index contributed by atoms with van der Waals surface area (Å²) in [5.74, 6) is 0.611. The highest BCUT2D eigenvalue weighted by Gasteiger charge is 2.15. The summed E-state index contributed by atoms with van der Waals surface area (Å²) in [5.41, 5.74) is 6.29. The van der Waals surface area contributed by atoms with E-state index in [2.05, 4.69) is 10.1 Å². The lowest BCUT2D eigenvalue weighted by Crippen LogP contribution is -2.14. The van der Waals surface area contributed by atoms with Crippen LogP contribution in [0.1, 0.15) is 23.3 Å². The minimum absolute atomic E-state index is 0.190. The quantitative estimate of drug-likeness (QED) is 0.898. The van der Waals surface area contributed by atoms with E-state index < -0.39 is 6.04 Å². The normalized spacial score (nSPS) is 12.7. The van der Waals surface area contributed by atoms with Gasteiger partial charge in [0.15, 0.2) is 5.82 Å². The second kappa shape index (κ2) is 5.67. The number of halogens is 2. The van der Waals surface area contributed by atoms with Crippen molar-refractivity contribution in [1.29, 1.82) is 0 Å². The first-order valence-corrected chi connectivity index (χ1v) is 5.99. The highest BCUT2D eigenvalue weighted by Crippen LogP contribution is 2.26. The Morgan fingerprint density at radius 3 is 2.61 bits per heavy atom. The molecule has 1 aromatic heterocycles. The fourth-order valence-corrected chi connectivity index (χ4v) is 1.96. The maximum absolute atomic E-state index is 8.88. The molecule has 0 radical (unpaired) electrons. The van der Waals surface area contributed by atoms with E-state index in [1.807, 2.05) is 0 Å². The van der Waals surface area contributed by atoms with Gasteiger partial charge >= 0.3 is 0 Å². The zero-order chi connectivity index (χ0) is 13.1. The molecule has 1 atom stereocenters. The third kappa shape index (κ3) is 2.81. The van der Waals surface area contributed by atoms with Gasteiger partial charge < -0.3 is 15.4 Å². The summed E-state index contributed by atoms with van der Waals surface area (Å²) in [6, 6.07) is 4.57. The summed E-state index contributed by atoms with van der Waals surface area (Å²) >= 11 is 12.1. The van der Waals surface area contributed by atoms with Crippen molar-refractivity contribution in [2.75, 3.05) is 6.61 Å². The largest absolute Gasteiger partial charge is 0.394 e. The maximum Gasteiger partial charge on any atom is 0.245 e. The van der Waals surface area contributed by atoms with Crippen molar-refractivity contribution in [1.82, 2.24) is 10.1 Å². The Bertz CT molecular complexity index is 525. The van der Waals surface area contributed by atoms with E-state index in [-0.39, 0.29) is 12.5 Å². The number of aliphatic hydroxyl groups excluding tert-OH is 1. The Morgan fingerprint density at radius 1 is 1.33 bits per heavy atom. The van der Waals surface area contributed by atoms with Gasteiger partial charge in [0.1, 0.15) is 6.04 Å². The second-order valence-electron chi connectivity index (χ2n) is 3.71. The average molecular weight is 288 g/mol. The van der Waals surface area contributed by atoms with Crippen LogP contribution < -0.4 is 5.73 Å². The highest BCUT2D eigenvalue weighted by molar-refractivity contribution is 6.36. The van der Waals surface area contributed by atoms with Crippen LogP contribution in [-0.4, -0.2) is 21.9 Å². The molecule has 0 saturated heterocycles. The van der Waals surface area contributed by atoms with Crippen LogP contribution in [0, 0.1) is 0 Å². The standard InChI is InChI=1S/C11H11Cl2N3O2/c12-7-2-1-3-8(13)6(7)4-10-15-11(18-16-10)9(14)5-17/h1-3,9,17H,4-5,14H2/t9-/m1/s1. The van der Waals surface area contributed by atoms with Gasteiger partial charge in [0, 0.05) is 16.5 Å². The maximum atomic E-state index is 8.88. The number of aliphatic hydroxyl groups is 1. The third-order valence-corrected chi connectivity index (χ3v) is 3.10. The van der Waals surface area contributed by atoms with Gasteiger partial charge in [0.2, 0.25) is 5.89 Å². The molecule has 2 aromatic rings. The first-order valence-electron chi connectivity index (χ1n) is 5.23. The van der Waals surface area contributed by atoms with Crippen molar-refractivity contribution in [2.24, 2.45) is 5.73 Å². The van der Waals surface area contributed by atoms with E-state index in [1.54, 1.807) is 18.2 Å². The van der Waals surface area contributed by atoms with E-state index in [0.717, 1.165) is 5.56 Å². The molecule has 18 heavy (non-hydrogen) atoms. The average Bonchev–Trinajstić information content (AvgIpc) is 2.81. The van der Waals surface area contributed by atoms with Gasteiger partial charge in [0.05, 0.1) is 6.61 Å². The Labute approximate surface area is 114 Å². The Balaban J connectivity index is 2.21. The molecule has 5 nitrogen and oxygen atoms in total. The van der Waals surface area contributed by atoms with Crippen LogP contribution in [0.15, 0.2) is 22.7 Å². The number of benzene rings is 1. The number of nitrogens with zero attached hydrogens (tertiary/aromatic N) is 2. The number of nitrogens with two attached hydrogens (primary N) is 1. The summed E-state index contributed by atoms with van der Waals surface area (Å²) in [4.78, 5) is 4.08. The van der Waals surface area contributed by atoms with Crippen molar-refractivity contribution in [2.45, 2.75) is 12.5 Å². The topological polar surface area (TPSA) is 85.2 Å². The number of rotatable bonds is 4. The van der Waals surface area contributed by atoms with Crippen LogP contribution in [0.25, 0.3) is 0 Å². The molecule has 3 N–H and O–H groups in total. The molecule has 0 amide bonds. The van der Waals surface area contributed by atoms with Gasteiger partial charge in [-0.25, -0.2) is 0 Å². The first-order chi connectivity index (χ1) is 8.61. The molecule has 0 spiro atoms. The molecule has 0 saturated carbocycles. The lowest BCUT2D eigenvalue weighted by atomic mass is 10.1. The van der Waals surface area contributed by atoms with Gasteiger partial charge in [0.25, 0.3) is 0 Å². The summed E-state index contributed by atoms with van der Waals surface area (Å²) in [7, 11) is 0. The van der Waals surface area contributed by atoms with E-state index in [9.17, 15) is 0 Å². The predicted octanol–water partition coefficient (Wildman–Crippen LogP) is 1.96. The molecule has 7 heteroatoms. The molecule has 96 valence electrons. The van der Waals surface area contributed by atoms with Crippen molar-refractivity contribution in [3.63, 3.8) is 0 Å². The molecule has 2 rings (SSSR count). The SMILES string of the molecule is N[C@H](CO)c1nc(Cc2c(Cl)cccc2Cl)no1. The molecule has 1 aromatic carbocycles. The Hall–Kier alpha value is -1.14. The van der Waals surface area contributed by atoms with E-state index >= 15 is 0 Å². The fraction of sp³-hybridized carbons (Fsp3) is 0.273. The number of hydrogen-bond acceptors (Lipinski definition) is 5. The lowest BCUT2D eigenvalue weighted by Gasteiger charge is -2.03. The molecule has 0 unspecified atom stereocenters. The van der Waals surface area contributed by atoms with Crippen LogP contribution in [-0.2, 0) is 6.42 Å². The molecular formula is C11H11Cl2N3O2. The Morgan fingerprint density at radius 2 is 2.00 bits per heavy atom. The fourth-order valence-electron chi connectivity index (χ4n) is 1.43. The highest BCUT2D eigenvalue weighted by atomic mass is 35.5. The molecular weight excluding hydrogens is 277 g/mol. The van der Waals surface area contributed by atoms with Gasteiger partial charge in [-0.1, -0.05) is 34.4 Å². The van der Waals surface area contributed by atoms with Crippen LogP contribution in [0.4, 0.5) is 0 Å². The van der Waals surface area contributed by atoms with Gasteiger partial charge in [-0.2, -0.15) is 4.98 Å². The molecule has 0 fully saturated rings. The molecule has 0 aliphatic carbocycles. The van der Waals surface area contributed by atoms with Crippen molar-refractivity contribution >= 4 is 23.2 Å². The predicted molar refractivity (Wildman–Crippen MR) is 67.6 cm³/mol. The lowest BCUT2D eigenvalue weighted by molar-refractivity contribution is 0.236. The molecule has 1 heterocycles. The van der Waals surface area contributed by atoms with Crippen molar-refractivity contribution < 1.29 is 9.63 Å². The van der Waals surface area contributed by atoms with E-state index in [1.165, 1.54) is 0 Å². The Kier molecular flexibility index (Phi) is 4.19. The minimum atomic E-state index is -0.673. The third-order valence-electron chi connectivity index (χ3n) is 2.39. The van der Waals surface area contributed by atoms with Gasteiger partial charge in [-0.3, -0.25) is 0 Å². The zero-order valence-corrected chi connectivity index (χ0v) is 10.8.